The predicted octanol–water partition coefficient (Wildman–Crippen LogP) is 5.31. The van der Waals surface area contributed by atoms with Gasteiger partial charge in [-0.25, -0.2) is 0 Å². The normalized spacial score (nSPS) is 11.3. The first kappa shape index (κ1) is 16.7. The number of aromatic amines is 1. The lowest BCUT2D eigenvalue weighted by Gasteiger charge is -2.08. The van der Waals surface area contributed by atoms with E-state index < -0.39 is 0 Å². The number of carbonyl (C=O) groups is 1. The highest BCUT2D eigenvalue weighted by Gasteiger charge is 2.18. The Morgan fingerprint density at radius 2 is 2.04 bits per heavy atom. The van der Waals surface area contributed by atoms with Crippen LogP contribution in [0.4, 0.5) is 0 Å². The molecule has 5 heteroatoms. The summed E-state index contributed by atoms with van der Waals surface area (Å²) in [5, 5.41) is 2.86. The Labute approximate surface area is 156 Å². The molecule has 0 saturated carbocycles. The van der Waals surface area contributed by atoms with Gasteiger partial charge in [-0.05, 0) is 61.2 Å². The molecule has 0 amide bonds. The molecule has 4 nitrogen and oxygen atoms in total. The molecule has 0 unspecified atom stereocenters. The van der Waals surface area contributed by atoms with Crippen molar-refractivity contribution in [2.75, 3.05) is 6.61 Å². The van der Waals surface area contributed by atoms with E-state index in [9.17, 15) is 4.79 Å². The first-order chi connectivity index (χ1) is 12.6. The Balaban J connectivity index is 1.94. The maximum Gasteiger partial charge on any atom is 0.325 e. The van der Waals surface area contributed by atoms with Crippen LogP contribution in [0.3, 0.4) is 0 Å². The molecule has 4 aromatic rings. The molecule has 0 aliphatic carbocycles. The van der Waals surface area contributed by atoms with E-state index in [0.717, 1.165) is 38.6 Å². The number of nitrogens with zero attached hydrogens (tertiary/aromatic N) is 1. The first-order valence-corrected chi connectivity index (χ1v) is 8.97. The van der Waals surface area contributed by atoms with Crippen molar-refractivity contribution in [2.45, 2.75) is 20.4 Å². The quantitative estimate of drug-likeness (QED) is 0.497. The van der Waals surface area contributed by atoms with Gasteiger partial charge in [0, 0.05) is 38.9 Å². The van der Waals surface area contributed by atoms with Gasteiger partial charge in [-0.2, -0.15) is 0 Å². The summed E-state index contributed by atoms with van der Waals surface area (Å²) >= 11 is 6.27. The van der Waals surface area contributed by atoms with Crippen LogP contribution in [0.2, 0.25) is 5.02 Å². The van der Waals surface area contributed by atoms with Gasteiger partial charge in [-0.15, -0.1) is 0 Å². The van der Waals surface area contributed by atoms with Crippen molar-refractivity contribution in [3.8, 4) is 11.1 Å². The zero-order chi connectivity index (χ0) is 18.3. The van der Waals surface area contributed by atoms with Gasteiger partial charge >= 0.3 is 5.97 Å². The molecule has 0 aliphatic heterocycles. The summed E-state index contributed by atoms with van der Waals surface area (Å²) in [7, 11) is 0. The van der Waals surface area contributed by atoms with Gasteiger partial charge < -0.3 is 14.3 Å². The van der Waals surface area contributed by atoms with Gasteiger partial charge in [-0.1, -0.05) is 17.7 Å². The molecule has 0 atom stereocenters. The lowest BCUT2D eigenvalue weighted by atomic mass is 10.0. The monoisotopic (exact) mass is 366 g/mol. The van der Waals surface area contributed by atoms with Gasteiger partial charge in [-0.3, -0.25) is 4.79 Å². The minimum absolute atomic E-state index is 0.185. The summed E-state index contributed by atoms with van der Waals surface area (Å²) in [6.07, 6.45) is 1.93. The molecule has 0 fully saturated rings. The highest BCUT2D eigenvalue weighted by atomic mass is 35.5. The van der Waals surface area contributed by atoms with E-state index in [-0.39, 0.29) is 12.5 Å². The van der Waals surface area contributed by atoms with Gasteiger partial charge in [0.25, 0.3) is 0 Å². The topological polar surface area (TPSA) is 47.0 Å². The standard InChI is InChI=1S/C21H19ClN2O2/c1-3-26-20(25)12-24-13(2)21(17-11-16(22)5-7-19(17)24)15-4-6-18-14(10-15)8-9-23-18/h4-11,23H,3,12H2,1-2H3. The predicted molar refractivity (Wildman–Crippen MR) is 106 cm³/mol. The number of hydrogen-bond donors (Lipinski definition) is 1. The van der Waals surface area contributed by atoms with Crippen molar-refractivity contribution in [2.24, 2.45) is 0 Å². The molecule has 1 N–H and O–H groups in total. The van der Waals surface area contributed by atoms with Crippen LogP contribution in [0, 0.1) is 6.92 Å². The summed E-state index contributed by atoms with van der Waals surface area (Å²) in [5.41, 5.74) is 5.29. The number of rotatable bonds is 4. The molecule has 0 saturated heterocycles. The van der Waals surface area contributed by atoms with Crippen molar-refractivity contribution >= 4 is 39.4 Å². The van der Waals surface area contributed by atoms with Gasteiger partial charge in [0.2, 0.25) is 0 Å². The summed E-state index contributed by atoms with van der Waals surface area (Å²) in [6, 6.07) is 14.1. The van der Waals surface area contributed by atoms with Crippen molar-refractivity contribution < 1.29 is 9.53 Å². The lowest BCUT2D eigenvalue weighted by Crippen LogP contribution is -2.14. The van der Waals surface area contributed by atoms with E-state index in [1.807, 2.05) is 42.8 Å². The molecule has 0 bridgehead atoms. The number of esters is 1. The summed E-state index contributed by atoms with van der Waals surface area (Å²) in [6.45, 7) is 4.41. The number of nitrogens with one attached hydrogen (secondary N) is 1. The van der Waals surface area contributed by atoms with Crippen molar-refractivity contribution in [1.82, 2.24) is 9.55 Å². The minimum Gasteiger partial charge on any atom is -0.465 e. The summed E-state index contributed by atoms with van der Waals surface area (Å²) in [5.74, 6) is -0.241. The average Bonchev–Trinajstić information content (AvgIpc) is 3.17. The van der Waals surface area contributed by atoms with Crippen molar-refractivity contribution in [1.29, 1.82) is 0 Å². The number of fused-ring (bicyclic) bond motifs is 2. The fourth-order valence-corrected chi connectivity index (χ4v) is 3.74. The number of aromatic nitrogens is 2. The average molecular weight is 367 g/mol. The molecule has 2 heterocycles. The zero-order valence-corrected chi connectivity index (χ0v) is 15.4. The molecule has 132 valence electrons. The number of hydrogen-bond acceptors (Lipinski definition) is 2. The minimum atomic E-state index is -0.241. The third kappa shape index (κ3) is 2.76. The molecule has 0 aliphatic rings. The SMILES string of the molecule is CCOC(=O)Cn1c(C)c(-c2ccc3[nH]ccc3c2)c2cc(Cl)ccc21. The van der Waals surface area contributed by atoms with Crippen LogP contribution in [0.1, 0.15) is 12.6 Å². The molecular weight excluding hydrogens is 348 g/mol. The Bertz CT molecular complexity index is 1120. The molecule has 0 spiro atoms. The largest absolute Gasteiger partial charge is 0.465 e. The number of ether oxygens (including phenoxy) is 1. The van der Waals surface area contributed by atoms with E-state index in [0.29, 0.717) is 11.6 Å². The Morgan fingerprint density at radius 3 is 2.85 bits per heavy atom. The molecule has 2 aromatic heterocycles. The van der Waals surface area contributed by atoms with Gasteiger partial charge in [0.1, 0.15) is 6.54 Å². The van der Waals surface area contributed by atoms with Gasteiger partial charge in [0.15, 0.2) is 0 Å². The Morgan fingerprint density at radius 1 is 1.19 bits per heavy atom. The van der Waals surface area contributed by atoms with Crippen LogP contribution in [0.25, 0.3) is 32.9 Å². The smallest absolute Gasteiger partial charge is 0.325 e. The van der Waals surface area contributed by atoms with Crippen LogP contribution in [-0.2, 0) is 16.1 Å². The van der Waals surface area contributed by atoms with E-state index in [2.05, 4.69) is 29.2 Å². The van der Waals surface area contributed by atoms with Crippen molar-refractivity contribution in [3.05, 3.63) is 59.4 Å². The van der Waals surface area contributed by atoms with E-state index in [4.69, 9.17) is 16.3 Å². The first-order valence-electron chi connectivity index (χ1n) is 8.60. The Hall–Kier alpha value is -2.72. The molecule has 26 heavy (non-hydrogen) atoms. The van der Waals surface area contributed by atoms with Crippen LogP contribution < -0.4 is 0 Å². The number of benzene rings is 2. The molecular formula is C21H19ClN2O2. The molecule has 0 radical (unpaired) electrons. The van der Waals surface area contributed by atoms with E-state index in [1.54, 1.807) is 0 Å². The van der Waals surface area contributed by atoms with Crippen LogP contribution in [0.15, 0.2) is 48.7 Å². The summed E-state index contributed by atoms with van der Waals surface area (Å²) in [4.78, 5) is 15.3. The number of carbonyl (C=O) groups excluding carboxylic acids is 1. The fourth-order valence-electron chi connectivity index (χ4n) is 3.57. The molecule has 4 rings (SSSR count). The second-order valence-corrected chi connectivity index (χ2v) is 6.73. The van der Waals surface area contributed by atoms with Crippen LogP contribution in [-0.4, -0.2) is 22.1 Å². The number of halogens is 1. The zero-order valence-electron chi connectivity index (χ0n) is 14.7. The van der Waals surface area contributed by atoms with E-state index >= 15 is 0 Å². The summed E-state index contributed by atoms with van der Waals surface area (Å²) < 4.78 is 7.15. The van der Waals surface area contributed by atoms with E-state index in [1.165, 1.54) is 0 Å². The lowest BCUT2D eigenvalue weighted by molar-refractivity contribution is -0.143. The second kappa shape index (κ2) is 6.54. The molecule has 2 aromatic carbocycles. The second-order valence-electron chi connectivity index (χ2n) is 6.29. The van der Waals surface area contributed by atoms with Crippen LogP contribution in [0.5, 0.6) is 0 Å². The fraction of sp³-hybridized carbons (Fsp3) is 0.190. The number of H-pyrrole nitrogens is 1. The third-order valence-corrected chi connectivity index (χ3v) is 4.96. The van der Waals surface area contributed by atoms with Crippen LogP contribution >= 0.6 is 11.6 Å². The maximum atomic E-state index is 12.1. The highest BCUT2D eigenvalue weighted by Crippen LogP contribution is 2.37. The third-order valence-electron chi connectivity index (χ3n) is 4.72. The van der Waals surface area contributed by atoms with Gasteiger partial charge in [0.05, 0.1) is 6.61 Å². The maximum absolute atomic E-state index is 12.1. The highest BCUT2D eigenvalue weighted by molar-refractivity contribution is 6.31. The Kier molecular flexibility index (Phi) is 4.21. The van der Waals surface area contributed by atoms with Crippen molar-refractivity contribution in [3.63, 3.8) is 0 Å².